The number of nitrogens with zero attached hydrogens (tertiary/aromatic N) is 4. The van der Waals surface area contributed by atoms with Gasteiger partial charge in [0, 0.05) is 37.9 Å². The van der Waals surface area contributed by atoms with E-state index in [-0.39, 0.29) is 0 Å². The normalized spacial score (nSPS) is 15.4. The van der Waals surface area contributed by atoms with Crippen molar-refractivity contribution in [3.8, 4) is 22.8 Å². The molecule has 0 amide bonds. The number of aromatic amines is 1. The number of benzene rings is 1. The summed E-state index contributed by atoms with van der Waals surface area (Å²) in [6.45, 7) is 3.92. The quantitative estimate of drug-likeness (QED) is 0.777. The van der Waals surface area contributed by atoms with E-state index in [4.69, 9.17) is 9.47 Å². The number of H-pyrrole nitrogens is 1. The van der Waals surface area contributed by atoms with Crippen molar-refractivity contribution in [2.75, 3.05) is 52.3 Å². The van der Waals surface area contributed by atoms with Gasteiger partial charge in [-0.3, -0.25) is 0 Å². The van der Waals surface area contributed by atoms with E-state index in [1.165, 1.54) is 0 Å². The molecular formula is C19H23N5O2. The van der Waals surface area contributed by atoms with Crippen LogP contribution in [0, 0.1) is 0 Å². The zero-order valence-corrected chi connectivity index (χ0v) is 15.3. The molecule has 0 atom stereocenters. The van der Waals surface area contributed by atoms with Crippen LogP contribution in [-0.2, 0) is 0 Å². The Hall–Kier alpha value is -2.80. The molecule has 26 heavy (non-hydrogen) atoms. The molecule has 7 nitrogen and oxygen atoms in total. The average Bonchev–Trinajstić information content (AvgIpc) is 3.15. The number of likely N-dealkylation sites (N-methyl/N-ethyl adjacent to an activating group) is 1. The van der Waals surface area contributed by atoms with Gasteiger partial charge in [-0.25, -0.2) is 9.97 Å². The third-order valence-electron chi connectivity index (χ3n) is 4.86. The molecule has 7 heteroatoms. The summed E-state index contributed by atoms with van der Waals surface area (Å²) in [5.74, 6) is 1.58. The van der Waals surface area contributed by atoms with Crippen LogP contribution in [0.2, 0.25) is 0 Å². The number of rotatable bonds is 4. The van der Waals surface area contributed by atoms with E-state index in [1.54, 1.807) is 20.4 Å². The number of aromatic nitrogens is 3. The van der Waals surface area contributed by atoms with Crippen molar-refractivity contribution in [1.29, 1.82) is 0 Å². The van der Waals surface area contributed by atoms with Crippen LogP contribution in [0.25, 0.3) is 22.4 Å². The molecule has 2 aromatic heterocycles. The second-order valence-corrected chi connectivity index (χ2v) is 6.49. The number of fused-ring (bicyclic) bond motifs is 1. The first kappa shape index (κ1) is 16.7. The van der Waals surface area contributed by atoms with Crippen LogP contribution in [0.4, 0.5) is 5.69 Å². The van der Waals surface area contributed by atoms with E-state index in [1.807, 2.05) is 24.4 Å². The highest BCUT2D eigenvalue weighted by Crippen LogP contribution is 2.42. The number of hydrogen-bond acceptors (Lipinski definition) is 6. The van der Waals surface area contributed by atoms with Crippen LogP contribution >= 0.6 is 0 Å². The van der Waals surface area contributed by atoms with Crippen LogP contribution < -0.4 is 14.4 Å². The van der Waals surface area contributed by atoms with Crippen LogP contribution in [0.15, 0.2) is 30.6 Å². The van der Waals surface area contributed by atoms with E-state index in [0.717, 1.165) is 65.8 Å². The molecule has 0 radical (unpaired) electrons. The lowest BCUT2D eigenvalue weighted by atomic mass is 10.1. The van der Waals surface area contributed by atoms with Gasteiger partial charge in [-0.1, -0.05) is 0 Å². The summed E-state index contributed by atoms with van der Waals surface area (Å²) in [5, 5.41) is 0. The maximum atomic E-state index is 5.71. The molecule has 1 aliphatic heterocycles. The first-order chi connectivity index (χ1) is 12.7. The highest BCUT2D eigenvalue weighted by Gasteiger charge is 2.23. The average molecular weight is 353 g/mol. The fraction of sp³-hybridized carbons (Fsp3) is 0.368. The van der Waals surface area contributed by atoms with Gasteiger partial charge in [0.1, 0.15) is 22.7 Å². The van der Waals surface area contributed by atoms with E-state index < -0.39 is 0 Å². The molecule has 1 aliphatic rings. The number of anilines is 1. The fourth-order valence-electron chi connectivity index (χ4n) is 3.35. The van der Waals surface area contributed by atoms with Crippen molar-refractivity contribution in [3.63, 3.8) is 0 Å². The summed E-state index contributed by atoms with van der Waals surface area (Å²) in [5.41, 5.74) is 4.33. The molecule has 1 N–H and O–H groups in total. The van der Waals surface area contributed by atoms with Crippen molar-refractivity contribution >= 4 is 16.9 Å². The maximum absolute atomic E-state index is 5.71. The molecule has 0 unspecified atom stereocenters. The van der Waals surface area contributed by atoms with Crippen LogP contribution in [-0.4, -0.2) is 67.3 Å². The Balaban J connectivity index is 1.77. The standard InChI is InChI=1S/C19H23N5O2/c1-23-6-8-24(9-7-23)18-16(25-2)10-13(11-17(18)26-3)15-12-21-19-14(22-15)4-5-20-19/h4-5,10-12H,6-9H2,1-3H3,(H,20,21). The van der Waals surface area contributed by atoms with Crippen LogP contribution in [0.3, 0.4) is 0 Å². The predicted molar refractivity (Wildman–Crippen MR) is 102 cm³/mol. The smallest absolute Gasteiger partial charge is 0.156 e. The molecule has 3 heterocycles. The molecule has 0 spiro atoms. The molecule has 0 saturated carbocycles. The van der Waals surface area contributed by atoms with Gasteiger partial charge in [-0.05, 0) is 25.2 Å². The zero-order chi connectivity index (χ0) is 18.1. The monoisotopic (exact) mass is 353 g/mol. The van der Waals surface area contributed by atoms with Gasteiger partial charge in [0.25, 0.3) is 0 Å². The predicted octanol–water partition coefficient (Wildman–Crippen LogP) is 2.39. The highest BCUT2D eigenvalue weighted by atomic mass is 16.5. The minimum absolute atomic E-state index is 0.779. The number of hydrogen-bond donors (Lipinski definition) is 1. The number of methoxy groups -OCH3 is 2. The van der Waals surface area contributed by atoms with Gasteiger partial charge in [0.15, 0.2) is 5.65 Å². The van der Waals surface area contributed by atoms with Crippen LogP contribution in [0.1, 0.15) is 0 Å². The molecule has 1 fully saturated rings. The minimum Gasteiger partial charge on any atom is -0.494 e. The molecule has 1 aromatic carbocycles. The van der Waals surface area contributed by atoms with Crippen molar-refractivity contribution in [1.82, 2.24) is 19.9 Å². The lowest BCUT2D eigenvalue weighted by molar-refractivity contribution is 0.308. The topological polar surface area (TPSA) is 66.5 Å². The third-order valence-corrected chi connectivity index (χ3v) is 4.86. The molecule has 0 aliphatic carbocycles. The van der Waals surface area contributed by atoms with E-state index in [9.17, 15) is 0 Å². The van der Waals surface area contributed by atoms with E-state index >= 15 is 0 Å². The summed E-state index contributed by atoms with van der Waals surface area (Å²) in [6.07, 6.45) is 3.61. The zero-order valence-electron chi connectivity index (χ0n) is 15.3. The van der Waals surface area contributed by atoms with E-state index in [2.05, 4.69) is 31.8 Å². The summed E-state index contributed by atoms with van der Waals surface area (Å²) < 4.78 is 11.4. The van der Waals surface area contributed by atoms with Crippen molar-refractivity contribution in [3.05, 3.63) is 30.6 Å². The van der Waals surface area contributed by atoms with Gasteiger partial charge >= 0.3 is 0 Å². The third kappa shape index (κ3) is 2.94. The Morgan fingerprint density at radius 1 is 1.04 bits per heavy atom. The Labute approximate surface area is 152 Å². The Morgan fingerprint density at radius 3 is 2.38 bits per heavy atom. The molecular weight excluding hydrogens is 330 g/mol. The molecule has 1 saturated heterocycles. The minimum atomic E-state index is 0.779. The highest BCUT2D eigenvalue weighted by molar-refractivity contribution is 5.79. The van der Waals surface area contributed by atoms with Gasteiger partial charge < -0.3 is 24.3 Å². The van der Waals surface area contributed by atoms with Gasteiger partial charge in [-0.2, -0.15) is 0 Å². The maximum Gasteiger partial charge on any atom is 0.156 e. The van der Waals surface area contributed by atoms with E-state index in [0.29, 0.717) is 0 Å². The fourth-order valence-corrected chi connectivity index (χ4v) is 3.35. The molecule has 0 bridgehead atoms. The lowest BCUT2D eigenvalue weighted by Crippen LogP contribution is -2.44. The Morgan fingerprint density at radius 2 is 1.73 bits per heavy atom. The Bertz CT molecular complexity index is 890. The summed E-state index contributed by atoms with van der Waals surface area (Å²) >= 11 is 0. The van der Waals surface area contributed by atoms with Crippen LogP contribution in [0.5, 0.6) is 11.5 Å². The van der Waals surface area contributed by atoms with Crippen molar-refractivity contribution < 1.29 is 9.47 Å². The first-order valence-corrected chi connectivity index (χ1v) is 8.69. The summed E-state index contributed by atoms with van der Waals surface area (Å²) in [4.78, 5) is 16.8. The lowest BCUT2D eigenvalue weighted by Gasteiger charge is -2.35. The summed E-state index contributed by atoms with van der Waals surface area (Å²) in [7, 11) is 5.53. The molecule has 3 aromatic rings. The van der Waals surface area contributed by atoms with Gasteiger partial charge in [0.05, 0.1) is 26.1 Å². The number of nitrogens with one attached hydrogen (secondary N) is 1. The number of ether oxygens (including phenoxy) is 2. The van der Waals surface area contributed by atoms with Crippen molar-refractivity contribution in [2.45, 2.75) is 0 Å². The molecule has 4 rings (SSSR count). The van der Waals surface area contributed by atoms with Gasteiger partial charge in [0.2, 0.25) is 0 Å². The van der Waals surface area contributed by atoms with Crippen molar-refractivity contribution in [2.24, 2.45) is 0 Å². The molecule has 136 valence electrons. The SMILES string of the molecule is COc1cc(-c2cnc3[nH]ccc3n2)cc(OC)c1N1CCN(C)CC1. The number of piperazine rings is 1. The second-order valence-electron chi connectivity index (χ2n) is 6.49. The first-order valence-electron chi connectivity index (χ1n) is 8.69. The second kappa shape index (κ2) is 6.84. The Kier molecular flexibility index (Phi) is 4.38. The summed E-state index contributed by atoms with van der Waals surface area (Å²) in [6, 6.07) is 5.94. The largest absolute Gasteiger partial charge is 0.494 e. The van der Waals surface area contributed by atoms with Gasteiger partial charge in [-0.15, -0.1) is 0 Å².